The molecule has 0 aromatic rings. The van der Waals surface area contributed by atoms with Crippen LogP contribution in [0.15, 0.2) is 0 Å². The highest BCUT2D eigenvalue weighted by Gasteiger charge is 2.47. The first kappa shape index (κ1) is 14.0. The lowest BCUT2D eigenvalue weighted by Gasteiger charge is -2.48. The predicted octanol–water partition coefficient (Wildman–Crippen LogP) is 0.525. The number of hydrogen-bond acceptors (Lipinski definition) is 4. The highest BCUT2D eigenvalue weighted by atomic mass is 16.2. The van der Waals surface area contributed by atoms with Gasteiger partial charge in [-0.2, -0.15) is 0 Å². The lowest BCUT2D eigenvalue weighted by molar-refractivity contribution is -0.139. The molecule has 2 heterocycles. The summed E-state index contributed by atoms with van der Waals surface area (Å²) in [5.41, 5.74) is -0.289. The van der Waals surface area contributed by atoms with Crippen LogP contribution in [0.2, 0.25) is 0 Å². The van der Waals surface area contributed by atoms with E-state index in [0.29, 0.717) is 0 Å². The van der Waals surface area contributed by atoms with Crippen molar-refractivity contribution in [2.45, 2.75) is 51.6 Å². The molecule has 6 nitrogen and oxygen atoms in total. The fourth-order valence-electron chi connectivity index (χ4n) is 3.59. The van der Waals surface area contributed by atoms with Gasteiger partial charge in [0.25, 0.3) is 0 Å². The van der Waals surface area contributed by atoms with E-state index in [9.17, 15) is 14.4 Å². The van der Waals surface area contributed by atoms with Crippen LogP contribution in [0.5, 0.6) is 0 Å². The molecule has 2 saturated heterocycles. The topological polar surface area (TPSA) is 87.3 Å². The second-order valence-corrected chi connectivity index (χ2v) is 6.85. The molecule has 0 atom stereocenters. The van der Waals surface area contributed by atoms with Gasteiger partial charge in [0.15, 0.2) is 0 Å². The SMILES string of the molecule is CC1(C)CC(C2C(=O)NC(=O)NC2=O)CC(C)(C)N1. The van der Waals surface area contributed by atoms with Gasteiger partial charge >= 0.3 is 6.03 Å². The third kappa shape index (κ3) is 2.94. The van der Waals surface area contributed by atoms with Gasteiger partial charge in [-0.15, -0.1) is 0 Å². The van der Waals surface area contributed by atoms with Crippen LogP contribution in [0, 0.1) is 11.8 Å². The van der Waals surface area contributed by atoms with Gasteiger partial charge in [0.2, 0.25) is 11.8 Å². The smallest absolute Gasteiger partial charge is 0.307 e. The number of nitrogens with one attached hydrogen (secondary N) is 3. The number of carbonyl (C=O) groups is 3. The Labute approximate surface area is 112 Å². The molecule has 0 aromatic carbocycles. The fourth-order valence-corrected chi connectivity index (χ4v) is 3.59. The molecule has 106 valence electrons. The van der Waals surface area contributed by atoms with E-state index in [-0.39, 0.29) is 17.0 Å². The van der Waals surface area contributed by atoms with Gasteiger partial charge in [-0.3, -0.25) is 20.2 Å². The summed E-state index contributed by atoms with van der Waals surface area (Å²) >= 11 is 0. The lowest BCUT2D eigenvalue weighted by Crippen LogP contribution is -2.63. The molecule has 2 aliphatic heterocycles. The van der Waals surface area contributed by atoms with Crippen LogP contribution in [-0.2, 0) is 9.59 Å². The van der Waals surface area contributed by atoms with E-state index in [0.717, 1.165) is 12.8 Å². The second kappa shape index (κ2) is 4.30. The Bertz CT molecular complexity index is 406. The van der Waals surface area contributed by atoms with Gasteiger partial charge in [0.1, 0.15) is 5.92 Å². The van der Waals surface area contributed by atoms with Gasteiger partial charge in [-0.05, 0) is 46.5 Å². The van der Waals surface area contributed by atoms with Crippen molar-refractivity contribution in [3.05, 3.63) is 0 Å². The monoisotopic (exact) mass is 267 g/mol. The first-order chi connectivity index (χ1) is 8.60. The summed E-state index contributed by atoms with van der Waals surface area (Å²) in [5, 5.41) is 7.87. The van der Waals surface area contributed by atoms with E-state index < -0.39 is 23.8 Å². The van der Waals surface area contributed by atoms with Crippen LogP contribution in [0.4, 0.5) is 4.79 Å². The van der Waals surface area contributed by atoms with Crippen LogP contribution < -0.4 is 16.0 Å². The molecular formula is C13H21N3O3. The number of rotatable bonds is 1. The molecule has 2 fully saturated rings. The van der Waals surface area contributed by atoms with Crippen LogP contribution in [0.25, 0.3) is 0 Å². The maximum absolute atomic E-state index is 11.9. The average molecular weight is 267 g/mol. The van der Waals surface area contributed by atoms with Crippen molar-refractivity contribution >= 4 is 17.8 Å². The van der Waals surface area contributed by atoms with Crippen molar-refractivity contribution in [1.29, 1.82) is 0 Å². The van der Waals surface area contributed by atoms with E-state index >= 15 is 0 Å². The number of urea groups is 1. The minimum Gasteiger partial charge on any atom is -0.307 e. The van der Waals surface area contributed by atoms with Gasteiger partial charge < -0.3 is 5.32 Å². The molecule has 6 heteroatoms. The Hall–Kier alpha value is -1.43. The standard InChI is InChI=1S/C13H21N3O3/c1-12(2)5-7(6-13(3,4)16-12)8-9(17)14-11(19)15-10(8)18/h7-8,16H,5-6H2,1-4H3,(H2,14,15,17,18,19). The Morgan fingerprint density at radius 1 is 0.895 bits per heavy atom. The first-order valence-electron chi connectivity index (χ1n) is 6.55. The molecule has 0 radical (unpaired) electrons. The molecule has 2 aliphatic rings. The summed E-state index contributed by atoms with van der Waals surface area (Å²) in [7, 11) is 0. The minimum atomic E-state index is -0.779. The van der Waals surface area contributed by atoms with Gasteiger partial charge in [-0.25, -0.2) is 4.79 Å². The van der Waals surface area contributed by atoms with Crippen molar-refractivity contribution in [1.82, 2.24) is 16.0 Å². The summed E-state index contributed by atoms with van der Waals surface area (Å²) < 4.78 is 0. The number of barbiturate groups is 1. The number of piperidine rings is 1. The largest absolute Gasteiger partial charge is 0.328 e. The zero-order chi connectivity index (χ0) is 14.4. The summed E-state index contributed by atoms with van der Waals surface area (Å²) in [5.74, 6) is -1.81. The van der Waals surface area contributed by atoms with E-state index in [1.54, 1.807) is 0 Å². The zero-order valence-electron chi connectivity index (χ0n) is 11.8. The number of hydrogen-bond donors (Lipinski definition) is 3. The Morgan fingerprint density at radius 3 is 1.74 bits per heavy atom. The van der Waals surface area contributed by atoms with Crippen LogP contribution in [0.3, 0.4) is 0 Å². The molecule has 2 rings (SSSR count). The lowest BCUT2D eigenvalue weighted by atomic mass is 9.70. The van der Waals surface area contributed by atoms with E-state index in [1.165, 1.54) is 0 Å². The second-order valence-electron chi connectivity index (χ2n) is 6.85. The van der Waals surface area contributed by atoms with E-state index in [2.05, 4.69) is 43.6 Å². The summed E-state index contributed by atoms with van der Waals surface area (Å²) in [6.45, 7) is 8.24. The number of carbonyl (C=O) groups excluding carboxylic acids is 3. The molecule has 0 unspecified atom stereocenters. The van der Waals surface area contributed by atoms with Crippen LogP contribution in [-0.4, -0.2) is 28.9 Å². The molecule has 0 aromatic heterocycles. The molecule has 0 aliphatic carbocycles. The number of amides is 4. The summed E-state index contributed by atoms with van der Waals surface area (Å²) in [4.78, 5) is 34.9. The van der Waals surface area contributed by atoms with E-state index in [4.69, 9.17) is 0 Å². The Kier molecular flexibility index (Phi) is 3.16. The van der Waals surface area contributed by atoms with Crippen molar-refractivity contribution < 1.29 is 14.4 Å². The average Bonchev–Trinajstić information content (AvgIpc) is 2.09. The molecule has 0 bridgehead atoms. The quantitative estimate of drug-likeness (QED) is 0.605. The molecule has 0 saturated carbocycles. The van der Waals surface area contributed by atoms with Gasteiger partial charge in [0.05, 0.1) is 0 Å². The normalized spacial score (nSPS) is 27.9. The first-order valence-corrected chi connectivity index (χ1v) is 6.55. The van der Waals surface area contributed by atoms with Crippen molar-refractivity contribution in [3.63, 3.8) is 0 Å². The number of imide groups is 2. The maximum atomic E-state index is 11.9. The van der Waals surface area contributed by atoms with Crippen LogP contribution >= 0.6 is 0 Å². The predicted molar refractivity (Wildman–Crippen MR) is 69.2 cm³/mol. The summed E-state index contributed by atoms with van der Waals surface area (Å²) in [6, 6.07) is -0.723. The molecule has 4 amide bonds. The molecule has 0 spiro atoms. The Morgan fingerprint density at radius 2 is 1.32 bits per heavy atom. The molecular weight excluding hydrogens is 246 g/mol. The van der Waals surface area contributed by atoms with Gasteiger partial charge in [-0.1, -0.05) is 0 Å². The highest BCUT2D eigenvalue weighted by molar-refractivity contribution is 6.16. The molecule has 3 N–H and O–H groups in total. The third-order valence-corrected chi connectivity index (χ3v) is 3.73. The highest BCUT2D eigenvalue weighted by Crippen LogP contribution is 2.37. The maximum Gasteiger partial charge on any atom is 0.328 e. The minimum absolute atomic E-state index is 0.0700. The zero-order valence-corrected chi connectivity index (χ0v) is 11.8. The van der Waals surface area contributed by atoms with Crippen molar-refractivity contribution in [2.75, 3.05) is 0 Å². The van der Waals surface area contributed by atoms with Gasteiger partial charge in [0, 0.05) is 11.1 Å². The third-order valence-electron chi connectivity index (χ3n) is 3.73. The van der Waals surface area contributed by atoms with E-state index in [1.807, 2.05) is 0 Å². The van der Waals surface area contributed by atoms with Crippen molar-refractivity contribution in [3.8, 4) is 0 Å². The molecule has 19 heavy (non-hydrogen) atoms. The van der Waals surface area contributed by atoms with Crippen LogP contribution in [0.1, 0.15) is 40.5 Å². The van der Waals surface area contributed by atoms with Crippen molar-refractivity contribution in [2.24, 2.45) is 11.8 Å². The Balaban J connectivity index is 2.23. The fraction of sp³-hybridized carbons (Fsp3) is 0.769. The summed E-state index contributed by atoms with van der Waals surface area (Å²) in [6.07, 6.45) is 1.44.